The fourth-order valence-electron chi connectivity index (χ4n) is 8.19. The van der Waals surface area contributed by atoms with Gasteiger partial charge in [0.1, 0.15) is 23.7 Å². The second kappa shape index (κ2) is 14.2. The van der Waals surface area contributed by atoms with E-state index in [0.717, 1.165) is 48.8 Å². The van der Waals surface area contributed by atoms with Crippen LogP contribution in [0.5, 0.6) is 0 Å². The number of nitrogens with one attached hydrogen (secondary N) is 3. The fraction of sp³-hybridized carbons (Fsp3) is 0.595. The van der Waals surface area contributed by atoms with Crippen molar-refractivity contribution in [3.8, 4) is 0 Å². The first-order valence-corrected chi connectivity index (χ1v) is 20.0. The summed E-state index contributed by atoms with van der Waals surface area (Å²) in [4.78, 5) is 74.1. The van der Waals surface area contributed by atoms with Crippen LogP contribution in [0.3, 0.4) is 0 Å². The number of nitrogens with zero attached hydrogens (tertiary/aromatic N) is 3. The van der Waals surface area contributed by atoms with Gasteiger partial charge >= 0.3 is 12.1 Å². The highest BCUT2D eigenvalue weighted by atomic mass is 32.2. The minimum Gasteiger partial charge on any atom is -0.444 e. The molecule has 14 nitrogen and oxygen atoms in total. The monoisotopic (exact) mass is 736 g/mol. The van der Waals surface area contributed by atoms with Crippen molar-refractivity contribution in [1.82, 2.24) is 30.1 Å². The van der Waals surface area contributed by atoms with E-state index in [2.05, 4.69) is 21.9 Å². The Kier molecular flexibility index (Phi) is 9.83. The van der Waals surface area contributed by atoms with Crippen LogP contribution in [0.4, 0.5) is 9.59 Å². The van der Waals surface area contributed by atoms with Gasteiger partial charge in [-0.1, -0.05) is 55.7 Å². The molecule has 4 fully saturated rings. The van der Waals surface area contributed by atoms with Gasteiger partial charge in [-0.05, 0) is 61.1 Å². The molecule has 1 aromatic rings. The normalized spacial score (nSPS) is 30.5. The summed E-state index contributed by atoms with van der Waals surface area (Å²) >= 11 is 0. The van der Waals surface area contributed by atoms with Crippen LogP contribution in [0, 0.1) is 11.8 Å². The van der Waals surface area contributed by atoms with Crippen LogP contribution in [0.25, 0.3) is 6.08 Å². The molecule has 0 radical (unpaired) electrons. The number of carbonyl (C=O) groups excluding carboxylic acids is 5. The minimum atomic E-state index is -3.90. The first-order chi connectivity index (χ1) is 24.9. The van der Waals surface area contributed by atoms with E-state index in [-0.39, 0.29) is 25.3 Å². The summed E-state index contributed by atoms with van der Waals surface area (Å²) in [6, 6.07) is 3.41. The minimum absolute atomic E-state index is 0.0415. The van der Waals surface area contributed by atoms with Crippen molar-refractivity contribution < 1.29 is 37.1 Å². The van der Waals surface area contributed by atoms with Crippen molar-refractivity contribution in [2.45, 2.75) is 106 Å². The molecule has 1 saturated heterocycles. The number of benzene rings is 1. The third-order valence-electron chi connectivity index (χ3n) is 11.6. The average Bonchev–Trinajstić information content (AvgIpc) is 4.02. The molecule has 3 N–H and O–H groups in total. The van der Waals surface area contributed by atoms with Gasteiger partial charge in [0.15, 0.2) is 0 Å². The lowest BCUT2D eigenvalue weighted by molar-refractivity contribution is -0.142. The molecule has 3 aliphatic carbocycles. The Morgan fingerprint density at radius 1 is 1.08 bits per heavy atom. The number of fused-ring (bicyclic) bond motifs is 3. The molecule has 15 heteroatoms. The third kappa shape index (κ3) is 7.15. The van der Waals surface area contributed by atoms with Gasteiger partial charge in [-0.25, -0.2) is 18.0 Å². The van der Waals surface area contributed by atoms with Crippen molar-refractivity contribution >= 4 is 45.9 Å². The maximum absolute atomic E-state index is 14.7. The molecule has 6 aliphatic rings. The van der Waals surface area contributed by atoms with Crippen molar-refractivity contribution in [2.75, 3.05) is 20.1 Å². The Morgan fingerprint density at radius 3 is 2.56 bits per heavy atom. The number of urea groups is 1. The van der Waals surface area contributed by atoms with Crippen molar-refractivity contribution in [1.29, 1.82) is 0 Å². The second-order valence-corrected chi connectivity index (χ2v) is 17.2. The van der Waals surface area contributed by atoms with Gasteiger partial charge in [0, 0.05) is 32.5 Å². The summed E-state index contributed by atoms with van der Waals surface area (Å²) in [6.07, 6.45) is 9.94. The molecule has 0 unspecified atom stereocenters. The summed E-state index contributed by atoms with van der Waals surface area (Å²) in [5.41, 5.74) is 1.43. The van der Waals surface area contributed by atoms with Crippen molar-refractivity contribution in [3.05, 3.63) is 53.6 Å². The molecular weight excluding hydrogens is 689 g/mol. The Balaban J connectivity index is 1.18. The molecule has 3 aliphatic heterocycles. The van der Waals surface area contributed by atoms with Crippen LogP contribution < -0.4 is 15.4 Å². The molecule has 1 aromatic carbocycles. The van der Waals surface area contributed by atoms with Gasteiger partial charge in [-0.2, -0.15) is 0 Å². The summed E-state index contributed by atoms with van der Waals surface area (Å²) in [7, 11) is -2.21. The van der Waals surface area contributed by atoms with E-state index in [1.807, 2.05) is 30.4 Å². The fourth-order valence-corrected chi connectivity index (χ4v) is 9.56. The zero-order valence-corrected chi connectivity index (χ0v) is 30.4. The number of sulfonamides is 1. The highest BCUT2D eigenvalue weighted by Gasteiger charge is 2.62. The van der Waals surface area contributed by atoms with E-state index in [1.165, 1.54) is 11.0 Å². The SMILES string of the molecule is C=C[C@@H]1C[C@]1(NC(=O)[C@@H]1C[C@@H]2CN1C(=O)[C@H](C1CCCCC1)NC(=O)N(C)CC/C=C/c1cccc3c1CN(C3)C(=O)O2)C(=O)NS(=O)(=O)C1CC1. The maximum atomic E-state index is 14.7. The van der Waals surface area contributed by atoms with E-state index in [4.69, 9.17) is 4.74 Å². The molecule has 3 heterocycles. The van der Waals surface area contributed by atoms with Crippen LogP contribution in [-0.4, -0.2) is 102 Å². The number of ether oxygens (including phenoxy) is 1. The van der Waals surface area contributed by atoms with Gasteiger partial charge in [-0.3, -0.25) is 24.0 Å². The summed E-state index contributed by atoms with van der Waals surface area (Å²) in [5.74, 6) is -2.66. The van der Waals surface area contributed by atoms with Gasteiger partial charge in [-0.15, -0.1) is 6.58 Å². The highest BCUT2D eigenvalue weighted by Crippen LogP contribution is 2.45. The lowest BCUT2D eigenvalue weighted by Gasteiger charge is -2.35. The Labute approximate surface area is 304 Å². The lowest BCUT2D eigenvalue weighted by Crippen LogP contribution is -2.60. The predicted molar refractivity (Wildman–Crippen MR) is 191 cm³/mol. The van der Waals surface area contributed by atoms with Crippen LogP contribution in [0.2, 0.25) is 0 Å². The van der Waals surface area contributed by atoms with E-state index in [1.54, 1.807) is 16.8 Å². The molecule has 5 atom stereocenters. The van der Waals surface area contributed by atoms with E-state index in [0.29, 0.717) is 38.9 Å². The maximum Gasteiger partial charge on any atom is 0.410 e. The molecule has 280 valence electrons. The van der Waals surface area contributed by atoms with Gasteiger partial charge in [0.2, 0.25) is 21.8 Å². The molecule has 4 bridgehead atoms. The second-order valence-electron chi connectivity index (χ2n) is 15.2. The van der Waals surface area contributed by atoms with E-state index in [9.17, 15) is 32.4 Å². The lowest BCUT2D eigenvalue weighted by atomic mass is 9.83. The summed E-state index contributed by atoms with van der Waals surface area (Å²) in [5, 5.41) is 5.14. The molecular formula is C37H48N6O8S. The van der Waals surface area contributed by atoms with Gasteiger partial charge in [0.05, 0.1) is 18.3 Å². The van der Waals surface area contributed by atoms with E-state index < -0.39 is 74.8 Å². The van der Waals surface area contributed by atoms with Crippen molar-refractivity contribution in [3.63, 3.8) is 0 Å². The molecule has 0 aromatic heterocycles. The molecule has 6 amide bonds. The topological polar surface area (TPSA) is 175 Å². The molecule has 7 rings (SSSR count). The standard InChI is InChI=1S/C37H48N6O8S/c1-3-26-19-37(26,34(46)40-52(49,50)28-15-16-28)39-32(44)30-18-27-21-43(30)33(45)31(24-11-5-4-6-12-24)38-35(47)41(2)17-8-7-10-23-13-9-14-25-20-42(22-29(23)25)36(48)51-27/h3,7,9-10,13-14,24,26-28,30-31H,1,4-6,8,11-12,15-22H2,2H3,(H,38,47)(H,39,44)(H,40,46)/b10-7+/t26-,27-,30+,31+,37-/m1/s1. The summed E-state index contributed by atoms with van der Waals surface area (Å²) in [6.45, 7) is 4.78. The predicted octanol–water partition coefficient (Wildman–Crippen LogP) is 2.78. The third-order valence-corrected chi connectivity index (χ3v) is 13.4. The van der Waals surface area contributed by atoms with Crippen molar-refractivity contribution in [2.24, 2.45) is 11.8 Å². The van der Waals surface area contributed by atoms with Crippen LogP contribution in [0.1, 0.15) is 80.9 Å². The van der Waals surface area contributed by atoms with Crippen LogP contribution >= 0.6 is 0 Å². The molecule has 52 heavy (non-hydrogen) atoms. The number of hydrogen-bond acceptors (Lipinski definition) is 8. The quantitative estimate of drug-likeness (QED) is 0.359. The number of rotatable bonds is 7. The number of carbonyl (C=O) groups is 5. The Hall–Kier alpha value is -4.40. The van der Waals surface area contributed by atoms with Gasteiger partial charge < -0.3 is 25.2 Å². The first kappa shape index (κ1) is 36.0. The summed E-state index contributed by atoms with van der Waals surface area (Å²) < 4.78 is 33.5. The smallest absolute Gasteiger partial charge is 0.410 e. The van der Waals surface area contributed by atoms with Gasteiger partial charge in [0.25, 0.3) is 5.91 Å². The molecule has 3 saturated carbocycles. The van der Waals surface area contributed by atoms with Crippen LogP contribution in [-0.2, 0) is 42.2 Å². The Morgan fingerprint density at radius 2 is 1.85 bits per heavy atom. The average molecular weight is 737 g/mol. The molecule has 0 spiro atoms. The highest BCUT2D eigenvalue weighted by molar-refractivity contribution is 7.91. The van der Waals surface area contributed by atoms with E-state index >= 15 is 0 Å². The Bertz CT molecular complexity index is 1790. The number of hydrogen-bond donors (Lipinski definition) is 3. The first-order valence-electron chi connectivity index (χ1n) is 18.5. The zero-order valence-electron chi connectivity index (χ0n) is 29.6. The number of amides is 6. The van der Waals surface area contributed by atoms with Crippen LogP contribution in [0.15, 0.2) is 36.9 Å². The zero-order chi connectivity index (χ0) is 36.8. The largest absolute Gasteiger partial charge is 0.444 e.